The molecular formula is C10H10F2N2O5. The highest BCUT2D eigenvalue weighted by atomic mass is 19.3. The van der Waals surface area contributed by atoms with Crippen molar-refractivity contribution in [1.82, 2.24) is 4.98 Å². The topological polar surface area (TPSA) is 91.6 Å². The molecule has 1 aromatic rings. The molecule has 104 valence electrons. The van der Waals surface area contributed by atoms with Gasteiger partial charge in [-0.1, -0.05) is 0 Å². The molecule has 0 N–H and O–H groups in total. The highest BCUT2D eigenvalue weighted by Gasteiger charge is 2.32. The standard InChI is InChI=1S/C10H10F2N2O5/c1-3-19-10(15)6-5(14(16)17)4-13-7(9(11)12)8(6)18-2/h4,9H,3H2,1-2H3. The van der Waals surface area contributed by atoms with Crippen LogP contribution in [0.15, 0.2) is 6.20 Å². The Morgan fingerprint density at radius 2 is 2.21 bits per heavy atom. The van der Waals surface area contributed by atoms with Gasteiger partial charge in [-0.25, -0.2) is 18.6 Å². The Balaban J connectivity index is 3.54. The molecule has 0 aliphatic rings. The van der Waals surface area contributed by atoms with E-state index in [4.69, 9.17) is 0 Å². The molecule has 0 aromatic carbocycles. The lowest BCUT2D eigenvalue weighted by molar-refractivity contribution is -0.385. The minimum atomic E-state index is -3.04. The number of methoxy groups -OCH3 is 1. The van der Waals surface area contributed by atoms with Crippen molar-refractivity contribution in [3.63, 3.8) is 0 Å². The highest BCUT2D eigenvalue weighted by Crippen LogP contribution is 2.35. The van der Waals surface area contributed by atoms with E-state index in [9.17, 15) is 23.7 Å². The lowest BCUT2D eigenvalue weighted by Gasteiger charge is -2.11. The minimum absolute atomic E-state index is 0.0640. The summed E-state index contributed by atoms with van der Waals surface area (Å²) < 4.78 is 34.7. The van der Waals surface area contributed by atoms with Gasteiger partial charge in [0.15, 0.2) is 11.3 Å². The predicted octanol–water partition coefficient (Wildman–Crippen LogP) is 2.11. The first kappa shape index (κ1) is 14.7. The second-order valence-corrected chi connectivity index (χ2v) is 3.22. The van der Waals surface area contributed by atoms with Gasteiger partial charge in [0.1, 0.15) is 11.9 Å². The molecule has 0 unspecified atom stereocenters. The van der Waals surface area contributed by atoms with Crippen molar-refractivity contribution in [3.8, 4) is 5.75 Å². The largest absolute Gasteiger partial charge is 0.493 e. The number of esters is 1. The highest BCUT2D eigenvalue weighted by molar-refractivity contribution is 5.97. The summed E-state index contributed by atoms with van der Waals surface area (Å²) in [6.07, 6.45) is -2.46. The van der Waals surface area contributed by atoms with Gasteiger partial charge in [0, 0.05) is 0 Å². The molecule has 0 aliphatic heterocycles. The maximum atomic E-state index is 12.7. The number of alkyl halides is 2. The van der Waals surface area contributed by atoms with Crippen LogP contribution in [0.4, 0.5) is 14.5 Å². The molecule has 1 heterocycles. The van der Waals surface area contributed by atoms with Gasteiger partial charge in [-0.3, -0.25) is 10.1 Å². The van der Waals surface area contributed by atoms with Crippen molar-refractivity contribution in [2.45, 2.75) is 13.3 Å². The van der Waals surface area contributed by atoms with Gasteiger partial charge in [-0.05, 0) is 6.92 Å². The van der Waals surface area contributed by atoms with Gasteiger partial charge in [-0.15, -0.1) is 0 Å². The number of carbonyl (C=O) groups excluding carboxylic acids is 1. The van der Waals surface area contributed by atoms with E-state index in [1.807, 2.05) is 0 Å². The first-order valence-electron chi connectivity index (χ1n) is 5.10. The van der Waals surface area contributed by atoms with E-state index in [-0.39, 0.29) is 6.61 Å². The second kappa shape index (κ2) is 6.03. The van der Waals surface area contributed by atoms with Crippen LogP contribution >= 0.6 is 0 Å². The fourth-order valence-corrected chi connectivity index (χ4v) is 1.40. The summed E-state index contributed by atoms with van der Waals surface area (Å²) in [6.45, 7) is 1.41. The first-order valence-corrected chi connectivity index (χ1v) is 5.10. The molecule has 0 atom stereocenters. The van der Waals surface area contributed by atoms with E-state index in [0.717, 1.165) is 7.11 Å². The van der Waals surface area contributed by atoms with E-state index in [1.54, 1.807) is 0 Å². The molecule has 0 bridgehead atoms. The average Bonchev–Trinajstić information content (AvgIpc) is 2.36. The molecule has 1 aromatic heterocycles. The van der Waals surface area contributed by atoms with Crippen molar-refractivity contribution in [1.29, 1.82) is 0 Å². The number of hydrogen-bond donors (Lipinski definition) is 0. The van der Waals surface area contributed by atoms with Crippen LogP contribution in [0.3, 0.4) is 0 Å². The van der Waals surface area contributed by atoms with E-state index in [2.05, 4.69) is 14.5 Å². The third-order valence-electron chi connectivity index (χ3n) is 2.13. The zero-order valence-corrected chi connectivity index (χ0v) is 10.1. The number of nitrogens with zero attached hydrogens (tertiary/aromatic N) is 2. The van der Waals surface area contributed by atoms with E-state index < -0.39 is 40.0 Å². The Morgan fingerprint density at radius 3 is 2.63 bits per heavy atom. The summed E-state index contributed by atoms with van der Waals surface area (Å²) in [5.74, 6) is -1.77. The summed E-state index contributed by atoms with van der Waals surface area (Å²) in [5.41, 5.74) is -2.27. The van der Waals surface area contributed by atoms with E-state index in [0.29, 0.717) is 6.20 Å². The molecule has 9 heteroatoms. The number of nitro groups is 1. The lowest BCUT2D eigenvalue weighted by Crippen LogP contribution is -2.12. The van der Waals surface area contributed by atoms with Gasteiger partial charge in [0.2, 0.25) is 0 Å². The fraction of sp³-hybridized carbons (Fsp3) is 0.400. The van der Waals surface area contributed by atoms with Crippen LogP contribution in [-0.2, 0) is 4.74 Å². The Morgan fingerprint density at radius 1 is 1.58 bits per heavy atom. The van der Waals surface area contributed by atoms with Crippen LogP contribution in [0.1, 0.15) is 29.4 Å². The number of carbonyl (C=O) groups is 1. The first-order chi connectivity index (χ1) is 8.93. The van der Waals surface area contributed by atoms with Crippen molar-refractivity contribution in [3.05, 3.63) is 27.6 Å². The Labute approximate surface area is 106 Å². The third-order valence-corrected chi connectivity index (χ3v) is 2.13. The van der Waals surface area contributed by atoms with Crippen molar-refractivity contribution in [2.75, 3.05) is 13.7 Å². The summed E-state index contributed by atoms with van der Waals surface area (Å²) in [5, 5.41) is 10.8. The number of aromatic nitrogens is 1. The molecule has 0 fully saturated rings. The van der Waals surface area contributed by atoms with Crippen molar-refractivity contribution in [2.24, 2.45) is 0 Å². The lowest BCUT2D eigenvalue weighted by atomic mass is 10.1. The van der Waals surface area contributed by atoms with Gasteiger partial charge >= 0.3 is 11.7 Å². The molecule has 0 aliphatic carbocycles. The third kappa shape index (κ3) is 2.92. The van der Waals surface area contributed by atoms with Crippen LogP contribution < -0.4 is 4.74 Å². The molecule has 7 nitrogen and oxygen atoms in total. The summed E-state index contributed by atoms with van der Waals surface area (Å²) in [4.78, 5) is 24.8. The van der Waals surface area contributed by atoms with E-state index in [1.165, 1.54) is 6.92 Å². The number of pyridine rings is 1. The SMILES string of the molecule is CCOC(=O)c1c([N+](=O)[O-])cnc(C(F)F)c1OC. The van der Waals surface area contributed by atoms with Crippen LogP contribution in [-0.4, -0.2) is 29.6 Å². The van der Waals surface area contributed by atoms with Crippen LogP contribution in [0.5, 0.6) is 5.75 Å². The van der Waals surface area contributed by atoms with Crippen molar-refractivity contribution >= 4 is 11.7 Å². The van der Waals surface area contributed by atoms with Gasteiger partial charge in [0.05, 0.1) is 18.6 Å². The minimum Gasteiger partial charge on any atom is -0.493 e. The molecule has 1 rings (SSSR count). The van der Waals surface area contributed by atoms with Gasteiger partial charge in [0.25, 0.3) is 6.43 Å². The molecule has 0 saturated heterocycles. The number of halogens is 2. The Bertz CT molecular complexity index is 507. The van der Waals surface area contributed by atoms with Gasteiger partial charge in [-0.2, -0.15) is 0 Å². The van der Waals surface area contributed by atoms with E-state index >= 15 is 0 Å². The molecule has 0 spiro atoms. The number of rotatable bonds is 5. The van der Waals surface area contributed by atoms with Crippen LogP contribution in [0.25, 0.3) is 0 Å². The molecular weight excluding hydrogens is 266 g/mol. The van der Waals surface area contributed by atoms with Crippen molar-refractivity contribution < 1.29 is 28.0 Å². The Hall–Kier alpha value is -2.32. The number of ether oxygens (including phenoxy) is 2. The fourth-order valence-electron chi connectivity index (χ4n) is 1.40. The number of hydrogen-bond acceptors (Lipinski definition) is 6. The summed E-state index contributed by atoms with van der Waals surface area (Å²) in [7, 11) is 1.01. The smallest absolute Gasteiger partial charge is 0.349 e. The zero-order chi connectivity index (χ0) is 14.6. The van der Waals surface area contributed by atoms with Crippen LogP contribution in [0, 0.1) is 10.1 Å². The monoisotopic (exact) mass is 276 g/mol. The van der Waals surface area contributed by atoms with Gasteiger partial charge < -0.3 is 9.47 Å². The molecule has 0 saturated carbocycles. The average molecular weight is 276 g/mol. The quantitative estimate of drug-likeness (QED) is 0.464. The Kier molecular flexibility index (Phi) is 4.67. The molecule has 19 heavy (non-hydrogen) atoms. The maximum Gasteiger partial charge on any atom is 0.349 e. The predicted molar refractivity (Wildman–Crippen MR) is 58.4 cm³/mol. The molecule has 0 amide bonds. The zero-order valence-electron chi connectivity index (χ0n) is 10.1. The molecule has 0 radical (unpaired) electrons. The summed E-state index contributed by atoms with van der Waals surface area (Å²) in [6, 6.07) is 0. The normalized spacial score (nSPS) is 10.4. The maximum absolute atomic E-state index is 12.7. The second-order valence-electron chi connectivity index (χ2n) is 3.22. The van der Waals surface area contributed by atoms with Crippen LogP contribution in [0.2, 0.25) is 0 Å². The summed E-state index contributed by atoms with van der Waals surface area (Å²) >= 11 is 0.